The lowest BCUT2D eigenvalue weighted by atomic mass is 9.87. The Labute approximate surface area is 174 Å². The van der Waals surface area contributed by atoms with Crippen LogP contribution in [0, 0.1) is 5.92 Å². The van der Waals surface area contributed by atoms with E-state index >= 15 is 0 Å². The van der Waals surface area contributed by atoms with Crippen molar-refractivity contribution in [2.45, 2.75) is 39.2 Å². The molecular weight excluding hydrogens is 390 g/mol. The van der Waals surface area contributed by atoms with E-state index in [0.717, 1.165) is 24.8 Å². The van der Waals surface area contributed by atoms with Crippen LogP contribution in [-0.4, -0.2) is 31.6 Å². The molecule has 0 spiro atoms. The summed E-state index contributed by atoms with van der Waals surface area (Å²) in [6.07, 6.45) is 4.36. The Balaban J connectivity index is 1.45. The fourth-order valence-corrected chi connectivity index (χ4v) is 4.48. The van der Waals surface area contributed by atoms with Gasteiger partial charge in [-0.1, -0.05) is 25.5 Å². The molecular formula is C22H25NO5S. The van der Waals surface area contributed by atoms with Gasteiger partial charge in [0.1, 0.15) is 4.88 Å². The monoisotopic (exact) mass is 415 g/mol. The summed E-state index contributed by atoms with van der Waals surface area (Å²) in [6, 6.07) is 8.66. The molecule has 1 aromatic heterocycles. The average molecular weight is 416 g/mol. The number of benzene rings is 1. The van der Waals surface area contributed by atoms with Crippen LogP contribution in [0.1, 0.15) is 55.8 Å². The standard InChI is InChI=1S/C22H25NO5S/c1-3-14-6-9-18-17(10-14)11-19(29-18)22(26)28-13-20(24)23-12-15-4-7-16(8-5-15)21(25)27-2/h4-5,7-8,11,14H,3,6,9-10,12-13H2,1-2H3,(H,23,24)/t14-/m0/s1. The summed E-state index contributed by atoms with van der Waals surface area (Å²) in [6.45, 7) is 2.16. The zero-order valence-corrected chi connectivity index (χ0v) is 17.5. The molecule has 0 saturated carbocycles. The second-order valence-corrected chi connectivity index (χ2v) is 8.25. The minimum Gasteiger partial charge on any atom is -0.465 e. The number of thiophene rings is 1. The average Bonchev–Trinajstić information content (AvgIpc) is 3.19. The Morgan fingerprint density at radius 1 is 1.17 bits per heavy atom. The van der Waals surface area contributed by atoms with E-state index < -0.39 is 11.9 Å². The van der Waals surface area contributed by atoms with E-state index in [1.165, 1.54) is 35.3 Å². The van der Waals surface area contributed by atoms with Gasteiger partial charge < -0.3 is 14.8 Å². The highest BCUT2D eigenvalue weighted by Crippen LogP contribution is 2.33. The molecule has 1 heterocycles. The highest BCUT2D eigenvalue weighted by Gasteiger charge is 2.23. The Hall–Kier alpha value is -2.67. The van der Waals surface area contributed by atoms with Crippen LogP contribution in [0.5, 0.6) is 0 Å². The van der Waals surface area contributed by atoms with Crippen molar-refractivity contribution >= 4 is 29.2 Å². The largest absolute Gasteiger partial charge is 0.465 e. The summed E-state index contributed by atoms with van der Waals surface area (Å²) in [5.74, 6) is -0.542. The molecule has 1 aliphatic carbocycles. The van der Waals surface area contributed by atoms with Crippen LogP contribution >= 0.6 is 11.3 Å². The van der Waals surface area contributed by atoms with Crippen molar-refractivity contribution in [3.63, 3.8) is 0 Å². The van der Waals surface area contributed by atoms with Gasteiger partial charge in [0.2, 0.25) is 0 Å². The third kappa shape index (κ3) is 5.44. The van der Waals surface area contributed by atoms with Gasteiger partial charge in [0.25, 0.3) is 5.91 Å². The summed E-state index contributed by atoms with van der Waals surface area (Å²) in [7, 11) is 1.32. The van der Waals surface area contributed by atoms with E-state index in [-0.39, 0.29) is 19.1 Å². The molecule has 1 amide bonds. The first-order chi connectivity index (χ1) is 14.0. The molecule has 29 heavy (non-hydrogen) atoms. The number of esters is 2. The zero-order valence-electron chi connectivity index (χ0n) is 16.7. The quantitative estimate of drug-likeness (QED) is 0.700. The molecule has 0 bridgehead atoms. The number of ether oxygens (including phenoxy) is 2. The summed E-state index contributed by atoms with van der Waals surface area (Å²) >= 11 is 1.48. The van der Waals surface area contributed by atoms with Crippen molar-refractivity contribution in [1.82, 2.24) is 5.32 Å². The molecule has 1 aromatic carbocycles. The Morgan fingerprint density at radius 2 is 1.93 bits per heavy atom. The fraction of sp³-hybridized carbons (Fsp3) is 0.409. The molecule has 1 N–H and O–H groups in total. The molecule has 154 valence electrons. The molecule has 0 fully saturated rings. The van der Waals surface area contributed by atoms with Gasteiger partial charge >= 0.3 is 11.9 Å². The van der Waals surface area contributed by atoms with Crippen LogP contribution in [0.2, 0.25) is 0 Å². The van der Waals surface area contributed by atoms with Crippen molar-refractivity contribution in [2.75, 3.05) is 13.7 Å². The Bertz CT molecular complexity index is 887. The number of amides is 1. The number of fused-ring (bicyclic) bond motifs is 1. The SMILES string of the molecule is CC[C@H]1CCc2sc(C(=O)OCC(=O)NCc3ccc(C(=O)OC)cc3)cc2C1. The van der Waals surface area contributed by atoms with Gasteiger partial charge in [0.15, 0.2) is 6.61 Å². The fourth-order valence-electron chi connectivity index (χ4n) is 3.38. The van der Waals surface area contributed by atoms with Gasteiger partial charge in [-0.25, -0.2) is 9.59 Å². The van der Waals surface area contributed by atoms with Crippen LogP contribution in [-0.2, 0) is 33.7 Å². The number of hydrogen-bond donors (Lipinski definition) is 1. The number of rotatable bonds is 7. The lowest BCUT2D eigenvalue weighted by Crippen LogP contribution is -2.28. The highest BCUT2D eigenvalue weighted by molar-refractivity contribution is 7.14. The first kappa shape index (κ1) is 21.0. The maximum absolute atomic E-state index is 12.3. The van der Waals surface area contributed by atoms with Crippen molar-refractivity contribution in [3.05, 3.63) is 56.8 Å². The Kier molecular flexibility index (Phi) is 7.04. The molecule has 2 aromatic rings. The van der Waals surface area contributed by atoms with Crippen LogP contribution in [0.15, 0.2) is 30.3 Å². The summed E-state index contributed by atoms with van der Waals surface area (Å²) in [5.41, 5.74) is 2.52. The first-order valence-corrected chi connectivity index (χ1v) is 10.5. The summed E-state index contributed by atoms with van der Waals surface area (Å²) in [5, 5.41) is 2.70. The highest BCUT2D eigenvalue weighted by atomic mass is 32.1. The summed E-state index contributed by atoms with van der Waals surface area (Å²) < 4.78 is 9.82. The van der Waals surface area contributed by atoms with Crippen molar-refractivity contribution in [1.29, 1.82) is 0 Å². The van der Waals surface area contributed by atoms with Gasteiger partial charge in [-0.15, -0.1) is 11.3 Å². The second kappa shape index (κ2) is 9.69. The molecule has 6 nitrogen and oxygen atoms in total. The van der Waals surface area contributed by atoms with E-state index in [4.69, 9.17) is 4.74 Å². The topological polar surface area (TPSA) is 81.7 Å². The molecule has 3 rings (SSSR count). The van der Waals surface area contributed by atoms with Crippen molar-refractivity contribution in [2.24, 2.45) is 5.92 Å². The number of carbonyl (C=O) groups excluding carboxylic acids is 3. The number of hydrogen-bond acceptors (Lipinski definition) is 6. The van der Waals surface area contributed by atoms with Crippen molar-refractivity contribution in [3.8, 4) is 0 Å². The number of methoxy groups -OCH3 is 1. The minimum atomic E-state index is -0.449. The minimum absolute atomic E-state index is 0.281. The molecule has 1 aliphatic rings. The van der Waals surface area contributed by atoms with Gasteiger partial charge in [-0.2, -0.15) is 0 Å². The molecule has 0 aliphatic heterocycles. The van der Waals surface area contributed by atoms with E-state index in [1.807, 2.05) is 6.07 Å². The van der Waals surface area contributed by atoms with Gasteiger partial charge in [-0.3, -0.25) is 4.79 Å². The molecule has 0 radical (unpaired) electrons. The maximum Gasteiger partial charge on any atom is 0.348 e. The number of carbonyl (C=O) groups is 3. The molecule has 0 saturated heterocycles. The van der Waals surface area contributed by atoms with Crippen molar-refractivity contribution < 1.29 is 23.9 Å². The Morgan fingerprint density at radius 3 is 2.62 bits per heavy atom. The third-order valence-electron chi connectivity index (χ3n) is 5.16. The van der Waals surface area contributed by atoms with Gasteiger partial charge in [-0.05, 0) is 54.5 Å². The summed E-state index contributed by atoms with van der Waals surface area (Å²) in [4.78, 5) is 37.5. The number of nitrogens with one attached hydrogen (secondary N) is 1. The lowest BCUT2D eigenvalue weighted by molar-refractivity contribution is -0.124. The lowest BCUT2D eigenvalue weighted by Gasteiger charge is -2.19. The third-order valence-corrected chi connectivity index (χ3v) is 6.38. The van der Waals surface area contributed by atoms with Gasteiger partial charge in [0, 0.05) is 11.4 Å². The van der Waals surface area contributed by atoms with E-state index in [2.05, 4.69) is 17.0 Å². The molecule has 1 atom stereocenters. The molecule has 0 unspecified atom stereocenters. The normalized spacial score (nSPS) is 15.3. The van der Waals surface area contributed by atoms with Crippen LogP contribution < -0.4 is 5.32 Å². The van der Waals surface area contributed by atoms with E-state index in [0.29, 0.717) is 16.4 Å². The predicted molar refractivity (Wildman–Crippen MR) is 110 cm³/mol. The predicted octanol–water partition coefficient (Wildman–Crippen LogP) is 3.52. The van der Waals surface area contributed by atoms with Crippen LogP contribution in [0.3, 0.4) is 0 Å². The van der Waals surface area contributed by atoms with Crippen LogP contribution in [0.4, 0.5) is 0 Å². The molecule has 7 heteroatoms. The zero-order chi connectivity index (χ0) is 20.8. The van der Waals surface area contributed by atoms with Gasteiger partial charge in [0.05, 0.1) is 12.7 Å². The van der Waals surface area contributed by atoms with Crippen LogP contribution in [0.25, 0.3) is 0 Å². The number of aryl methyl sites for hydroxylation is 1. The second-order valence-electron chi connectivity index (χ2n) is 7.12. The van der Waals surface area contributed by atoms with E-state index in [1.54, 1.807) is 24.3 Å². The maximum atomic E-state index is 12.3. The van der Waals surface area contributed by atoms with E-state index in [9.17, 15) is 14.4 Å². The first-order valence-electron chi connectivity index (χ1n) is 9.72. The smallest absolute Gasteiger partial charge is 0.348 e.